The zero-order valence-corrected chi connectivity index (χ0v) is 9.36. The van der Waals surface area contributed by atoms with E-state index in [1.54, 1.807) is 0 Å². The number of hydrazine groups is 1. The molecule has 0 aliphatic rings. The molecule has 0 unspecified atom stereocenters. The van der Waals surface area contributed by atoms with Crippen LogP contribution < -0.4 is 10.9 Å². The Morgan fingerprint density at radius 1 is 0.875 bits per heavy atom. The number of benzene rings is 1. The molecular formula is C12H14N4. The van der Waals surface area contributed by atoms with E-state index in [0.29, 0.717) is 5.95 Å². The monoisotopic (exact) mass is 214 g/mol. The second-order valence-corrected chi connectivity index (χ2v) is 3.59. The summed E-state index contributed by atoms with van der Waals surface area (Å²) in [5.74, 6) is 0.585. The molecule has 2 rings (SSSR count). The highest BCUT2D eigenvalue weighted by Crippen LogP contribution is 2.07. The first-order valence-electron chi connectivity index (χ1n) is 5.13. The summed E-state index contributed by atoms with van der Waals surface area (Å²) in [5.41, 5.74) is 8.89. The third kappa shape index (κ3) is 2.70. The molecule has 0 saturated heterocycles. The maximum Gasteiger partial charge on any atom is 0.242 e. The summed E-state index contributed by atoms with van der Waals surface area (Å²) in [7, 11) is 0. The van der Waals surface area contributed by atoms with Gasteiger partial charge >= 0.3 is 0 Å². The molecule has 4 heteroatoms. The lowest BCUT2D eigenvalue weighted by atomic mass is 10.3. The Bertz CT molecular complexity index is 447. The minimum atomic E-state index is 0.585. The first kappa shape index (κ1) is 10.4. The van der Waals surface area contributed by atoms with Gasteiger partial charge in [-0.3, -0.25) is 10.9 Å². The second-order valence-electron chi connectivity index (χ2n) is 3.59. The van der Waals surface area contributed by atoms with Gasteiger partial charge in [0.2, 0.25) is 5.95 Å². The van der Waals surface area contributed by atoms with Gasteiger partial charge in [0, 0.05) is 11.4 Å². The Morgan fingerprint density at radius 3 is 2.12 bits per heavy atom. The molecule has 0 radical (unpaired) electrons. The SMILES string of the molecule is Cc1cc(C)nc(NNc2ccccc2)n1. The molecule has 1 aromatic heterocycles. The Labute approximate surface area is 94.7 Å². The average molecular weight is 214 g/mol. The van der Waals surface area contributed by atoms with Crippen molar-refractivity contribution in [2.45, 2.75) is 13.8 Å². The predicted octanol–water partition coefficient (Wildman–Crippen LogP) is 2.53. The Kier molecular flexibility index (Phi) is 3.00. The molecular weight excluding hydrogens is 200 g/mol. The largest absolute Gasteiger partial charge is 0.298 e. The molecule has 2 aromatic rings. The van der Waals surface area contributed by atoms with Crippen molar-refractivity contribution >= 4 is 11.6 Å². The van der Waals surface area contributed by atoms with Crippen molar-refractivity contribution in [3.63, 3.8) is 0 Å². The van der Waals surface area contributed by atoms with E-state index in [4.69, 9.17) is 0 Å². The van der Waals surface area contributed by atoms with Crippen LogP contribution in [0.25, 0.3) is 0 Å². The summed E-state index contributed by atoms with van der Waals surface area (Å²) < 4.78 is 0. The van der Waals surface area contributed by atoms with Gasteiger partial charge in [-0.15, -0.1) is 0 Å². The summed E-state index contributed by atoms with van der Waals surface area (Å²) in [6, 6.07) is 11.8. The van der Waals surface area contributed by atoms with Gasteiger partial charge in [0.1, 0.15) is 0 Å². The molecule has 0 atom stereocenters. The molecule has 1 aromatic carbocycles. The molecule has 1 heterocycles. The molecule has 0 saturated carbocycles. The number of rotatable bonds is 3. The third-order valence-corrected chi connectivity index (χ3v) is 2.07. The smallest absolute Gasteiger partial charge is 0.242 e. The van der Waals surface area contributed by atoms with Crippen molar-refractivity contribution in [1.82, 2.24) is 9.97 Å². The van der Waals surface area contributed by atoms with Crippen LogP contribution in [0.3, 0.4) is 0 Å². The summed E-state index contributed by atoms with van der Waals surface area (Å²) in [6.45, 7) is 3.89. The lowest BCUT2D eigenvalue weighted by molar-refractivity contribution is 1.05. The molecule has 2 N–H and O–H groups in total. The van der Waals surface area contributed by atoms with Crippen LogP contribution in [0.2, 0.25) is 0 Å². The highest BCUT2D eigenvalue weighted by molar-refractivity contribution is 5.47. The molecule has 16 heavy (non-hydrogen) atoms. The highest BCUT2D eigenvalue weighted by Gasteiger charge is 1.97. The van der Waals surface area contributed by atoms with E-state index in [1.165, 1.54) is 0 Å². The highest BCUT2D eigenvalue weighted by atomic mass is 15.4. The molecule has 4 nitrogen and oxygen atoms in total. The maximum atomic E-state index is 4.26. The lowest BCUT2D eigenvalue weighted by Crippen LogP contribution is -2.12. The zero-order chi connectivity index (χ0) is 11.4. The Hall–Kier alpha value is -2.10. The molecule has 0 bridgehead atoms. The van der Waals surface area contributed by atoms with Crippen LogP contribution >= 0.6 is 0 Å². The van der Waals surface area contributed by atoms with Crippen molar-refractivity contribution in [2.24, 2.45) is 0 Å². The first-order valence-corrected chi connectivity index (χ1v) is 5.13. The quantitative estimate of drug-likeness (QED) is 0.771. The number of anilines is 2. The molecule has 0 spiro atoms. The van der Waals surface area contributed by atoms with E-state index in [9.17, 15) is 0 Å². The molecule has 0 aliphatic carbocycles. The van der Waals surface area contributed by atoms with Gasteiger partial charge in [0.25, 0.3) is 0 Å². The number of hydrogen-bond acceptors (Lipinski definition) is 4. The number of para-hydroxylation sites is 1. The predicted molar refractivity (Wildman–Crippen MR) is 65.2 cm³/mol. The minimum Gasteiger partial charge on any atom is -0.298 e. The van der Waals surface area contributed by atoms with Crippen molar-refractivity contribution in [3.8, 4) is 0 Å². The fourth-order valence-electron chi connectivity index (χ4n) is 1.43. The van der Waals surface area contributed by atoms with Crippen LogP contribution in [-0.2, 0) is 0 Å². The summed E-state index contributed by atoms with van der Waals surface area (Å²) >= 11 is 0. The van der Waals surface area contributed by atoms with Gasteiger partial charge in [-0.2, -0.15) is 0 Å². The second kappa shape index (κ2) is 4.61. The topological polar surface area (TPSA) is 49.8 Å². The van der Waals surface area contributed by atoms with Gasteiger partial charge in [0.15, 0.2) is 0 Å². The van der Waals surface area contributed by atoms with Crippen molar-refractivity contribution < 1.29 is 0 Å². The zero-order valence-electron chi connectivity index (χ0n) is 9.36. The number of nitrogens with one attached hydrogen (secondary N) is 2. The van der Waals surface area contributed by atoms with Gasteiger partial charge in [-0.1, -0.05) is 18.2 Å². The van der Waals surface area contributed by atoms with Crippen molar-refractivity contribution in [3.05, 3.63) is 47.8 Å². The van der Waals surface area contributed by atoms with Gasteiger partial charge in [0.05, 0.1) is 5.69 Å². The fraction of sp³-hybridized carbons (Fsp3) is 0.167. The van der Waals surface area contributed by atoms with Crippen LogP contribution in [-0.4, -0.2) is 9.97 Å². The van der Waals surface area contributed by atoms with E-state index in [-0.39, 0.29) is 0 Å². The normalized spacial score (nSPS) is 9.88. The van der Waals surface area contributed by atoms with Crippen LogP contribution in [0.4, 0.5) is 11.6 Å². The summed E-state index contributed by atoms with van der Waals surface area (Å²) in [6.07, 6.45) is 0. The lowest BCUT2D eigenvalue weighted by Gasteiger charge is -2.08. The van der Waals surface area contributed by atoms with E-state index in [0.717, 1.165) is 17.1 Å². The Balaban J connectivity index is 2.05. The Morgan fingerprint density at radius 2 is 1.50 bits per heavy atom. The molecule has 0 aliphatic heterocycles. The van der Waals surface area contributed by atoms with Gasteiger partial charge in [-0.25, -0.2) is 9.97 Å². The maximum absolute atomic E-state index is 4.26. The third-order valence-electron chi connectivity index (χ3n) is 2.07. The van der Waals surface area contributed by atoms with Crippen molar-refractivity contribution in [2.75, 3.05) is 10.9 Å². The molecule has 0 fully saturated rings. The molecule has 0 amide bonds. The fourth-order valence-corrected chi connectivity index (χ4v) is 1.43. The van der Waals surface area contributed by atoms with E-state index in [2.05, 4.69) is 20.8 Å². The number of nitrogens with zero attached hydrogens (tertiary/aromatic N) is 2. The van der Waals surface area contributed by atoms with E-state index >= 15 is 0 Å². The van der Waals surface area contributed by atoms with Crippen LogP contribution in [0.15, 0.2) is 36.4 Å². The first-order chi connectivity index (χ1) is 7.74. The summed E-state index contributed by atoms with van der Waals surface area (Å²) in [4.78, 5) is 8.53. The van der Waals surface area contributed by atoms with Crippen LogP contribution in [0.5, 0.6) is 0 Å². The van der Waals surface area contributed by atoms with Crippen LogP contribution in [0, 0.1) is 13.8 Å². The standard InChI is InChI=1S/C12H14N4/c1-9-8-10(2)14-12(13-9)16-15-11-6-4-3-5-7-11/h3-8,15H,1-2H3,(H,13,14,16). The molecule has 82 valence electrons. The number of aryl methyl sites for hydroxylation is 2. The number of hydrogen-bond donors (Lipinski definition) is 2. The minimum absolute atomic E-state index is 0.585. The average Bonchev–Trinajstić information content (AvgIpc) is 2.27. The van der Waals surface area contributed by atoms with Crippen molar-refractivity contribution in [1.29, 1.82) is 0 Å². The van der Waals surface area contributed by atoms with Gasteiger partial charge in [-0.05, 0) is 32.0 Å². The van der Waals surface area contributed by atoms with Gasteiger partial charge < -0.3 is 0 Å². The van der Waals surface area contributed by atoms with E-state index in [1.807, 2.05) is 50.2 Å². The number of aromatic nitrogens is 2. The van der Waals surface area contributed by atoms with E-state index < -0.39 is 0 Å². The van der Waals surface area contributed by atoms with Crippen LogP contribution in [0.1, 0.15) is 11.4 Å². The summed E-state index contributed by atoms with van der Waals surface area (Å²) in [5, 5.41) is 0.